The third kappa shape index (κ3) is 4.35. The number of likely N-dealkylation sites (tertiary alicyclic amines) is 1. The first-order chi connectivity index (χ1) is 17.5. The lowest BCUT2D eigenvalue weighted by atomic mass is 9.93. The number of pyridine rings is 1. The Hall–Kier alpha value is -3.70. The molecule has 1 aliphatic heterocycles. The van der Waals surface area contributed by atoms with E-state index in [1.54, 1.807) is 10.8 Å². The van der Waals surface area contributed by atoms with Crippen LogP contribution in [-0.2, 0) is 7.05 Å². The number of aryl methyl sites for hydroxylation is 1. The number of aromatic nitrogens is 3. The van der Waals surface area contributed by atoms with Crippen molar-refractivity contribution < 1.29 is 5.11 Å². The summed E-state index contributed by atoms with van der Waals surface area (Å²) < 4.78 is 3.68. The number of aliphatic hydroxyl groups is 1. The molecule has 7 nitrogen and oxygen atoms in total. The number of β-amino-alcohol motifs (C(OH)–C–C–N with tert-alkyl or cyclic N) is 1. The first-order valence-electron chi connectivity index (χ1n) is 12.3. The summed E-state index contributed by atoms with van der Waals surface area (Å²) in [4.78, 5) is 16.2. The smallest absolute Gasteiger partial charge is 0.264 e. The van der Waals surface area contributed by atoms with Crippen LogP contribution in [0.4, 0.5) is 0 Å². The number of rotatable bonds is 6. The lowest BCUT2D eigenvalue weighted by Gasteiger charge is -2.39. The van der Waals surface area contributed by atoms with Crippen LogP contribution in [0.5, 0.6) is 0 Å². The Balaban J connectivity index is 1.61. The number of hydrogen-bond donors (Lipinski definition) is 2. The van der Waals surface area contributed by atoms with Gasteiger partial charge in [-0.15, -0.1) is 0 Å². The highest BCUT2D eigenvalue weighted by Crippen LogP contribution is 2.29. The number of hydrogen-bond acceptors (Lipinski definition) is 5. The minimum Gasteiger partial charge on any atom is -0.395 e. The lowest BCUT2D eigenvalue weighted by Crippen LogP contribution is -2.47. The average molecular weight is 482 g/mol. The van der Waals surface area contributed by atoms with Crippen LogP contribution in [0.15, 0.2) is 65.6 Å². The monoisotopic (exact) mass is 481 g/mol. The largest absolute Gasteiger partial charge is 0.395 e. The fraction of sp³-hybridized carbons (Fsp3) is 0.310. The molecule has 0 spiro atoms. The minimum atomic E-state index is -0.0780. The zero-order valence-electron chi connectivity index (χ0n) is 20.9. The maximum atomic E-state index is 14.0. The van der Waals surface area contributed by atoms with Crippen LogP contribution in [-0.4, -0.2) is 57.6 Å². The summed E-state index contributed by atoms with van der Waals surface area (Å²) in [6.45, 7) is 4.68. The van der Waals surface area contributed by atoms with Crippen molar-refractivity contribution in [2.45, 2.75) is 18.9 Å². The Morgan fingerprint density at radius 3 is 2.58 bits per heavy atom. The molecular formula is C29H31N5O2. The molecule has 0 saturated carbocycles. The molecule has 2 N–H and O–H groups in total. The summed E-state index contributed by atoms with van der Waals surface area (Å²) >= 11 is 0. The predicted octanol–water partition coefficient (Wildman–Crippen LogP) is 2.80. The van der Waals surface area contributed by atoms with Crippen LogP contribution in [0.25, 0.3) is 16.5 Å². The summed E-state index contributed by atoms with van der Waals surface area (Å²) in [5.74, 6) is 6.94. The molecule has 1 unspecified atom stereocenters. The fourth-order valence-electron chi connectivity index (χ4n) is 5.03. The van der Waals surface area contributed by atoms with Gasteiger partial charge in [-0.3, -0.25) is 18.9 Å². The van der Waals surface area contributed by atoms with Gasteiger partial charge in [-0.25, -0.2) is 0 Å². The SMILES string of the molecule is CNC(C)c1cc2cccc(C#Cc3cnn(C)c3C3CN(CCO)C3)c2c(=O)n1-c1ccccc1. The second kappa shape index (κ2) is 10.1. The van der Waals surface area contributed by atoms with E-state index in [1.165, 1.54) is 0 Å². The number of para-hydroxylation sites is 1. The average Bonchev–Trinajstić information content (AvgIpc) is 3.23. The first kappa shape index (κ1) is 24.0. The van der Waals surface area contributed by atoms with Crippen LogP contribution in [0.3, 0.4) is 0 Å². The lowest BCUT2D eigenvalue weighted by molar-refractivity contribution is 0.112. The molecule has 1 atom stereocenters. The van der Waals surface area contributed by atoms with E-state index in [0.29, 0.717) is 23.4 Å². The Kier molecular flexibility index (Phi) is 6.75. The third-order valence-corrected chi connectivity index (χ3v) is 7.04. The molecule has 0 aliphatic carbocycles. The quantitative estimate of drug-likeness (QED) is 0.414. The van der Waals surface area contributed by atoms with Crippen LogP contribution >= 0.6 is 0 Å². The number of nitrogens with zero attached hydrogens (tertiary/aromatic N) is 4. The van der Waals surface area contributed by atoms with Gasteiger partial charge < -0.3 is 10.4 Å². The van der Waals surface area contributed by atoms with Crippen molar-refractivity contribution in [1.82, 2.24) is 24.6 Å². The highest BCUT2D eigenvalue weighted by atomic mass is 16.3. The highest BCUT2D eigenvalue weighted by molar-refractivity contribution is 5.88. The molecule has 1 saturated heterocycles. The van der Waals surface area contributed by atoms with Crippen molar-refractivity contribution in [1.29, 1.82) is 0 Å². The Morgan fingerprint density at radius 2 is 1.86 bits per heavy atom. The standard InChI is InChI=1S/C29H31N5O2/c1-20(30-2)26-16-22-9-7-8-21(27(22)29(36)34(26)25-10-5-4-6-11-25)12-13-23-17-31-32(3)28(23)24-18-33(19-24)14-15-35/h4-11,16-17,20,24,30,35H,14-15,18-19H2,1-3H3. The Bertz CT molecular complexity index is 1500. The predicted molar refractivity (Wildman–Crippen MR) is 142 cm³/mol. The normalized spacial score (nSPS) is 14.9. The van der Waals surface area contributed by atoms with Crippen LogP contribution in [0, 0.1) is 11.8 Å². The van der Waals surface area contributed by atoms with E-state index in [1.807, 2.05) is 67.3 Å². The van der Waals surface area contributed by atoms with Crippen molar-refractivity contribution in [3.63, 3.8) is 0 Å². The van der Waals surface area contributed by atoms with E-state index in [4.69, 9.17) is 0 Å². The van der Waals surface area contributed by atoms with Gasteiger partial charge in [0.15, 0.2) is 0 Å². The zero-order chi connectivity index (χ0) is 25.2. The summed E-state index contributed by atoms with van der Waals surface area (Å²) in [6, 6.07) is 17.6. The van der Waals surface area contributed by atoms with Crippen molar-refractivity contribution in [2.24, 2.45) is 7.05 Å². The molecular weight excluding hydrogens is 450 g/mol. The topological polar surface area (TPSA) is 75.3 Å². The molecule has 4 aromatic rings. The van der Waals surface area contributed by atoms with Gasteiger partial charge in [0.25, 0.3) is 5.56 Å². The summed E-state index contributed by atoms with van der Waals surface area (Å²) in [6.07, 6.45) is 1.80. The van der Waals surface area contributed by atoms with Gasteiger partial charge in [-0.2, -0.15) is 5.10 Å². The molecule has 3 heterocycles. The van der Waals surface area contributed by atoms with E-state index < -0.39 is 0 Å². The van der Waals surface area contributed by atoms with E-state index in [-0.39, 0.29) is 18.2 Å². The highest BCUT2D eigenvalue weighted by Gasteiger charge is 2.31. The molecule has 184 valence electrons. The number of aliphatic hydroxyl groups excluding tert-OH is 1. The Labute approximate surface area is 211 Å². The van der Waals surface area contributed by atoms with Gasteiger partial charge in [0.05, 0.1) is 29.4 Å². The molecule has 36 heavy (non-hydrogen) atoms. The molecule has 0 bridgehead atoms. The third-order valence-electron chi connectivity index (χ3n) is 7.04. The van der Waals surface area contributed by atoms with Gasteiger partial charge in [0.1, 0.15) is 0 Å². The molecule has 0 radical (unpaired) electrons. The molecule has 7 heteroatoms. The van der Waals surface area contributed by atoms with E-state index >= 15 is 0 Å². The van der Waals surface area contributed by atoms with Gasteiger partial charge in [0, 0.05) is 55.6 Å². The second-order valence-corrected chi connectivity index (χ2v) is 9.32. The van der Waals surface area contributed by atoms with E-state index in [9.17, 15) is 9.90 Å². The van der Waals surface area contributed by atoms with E-state index in [2.05, 4.69) is 40.1 Å². The van der Waals surface area contributed by atoms with Gasteiger partial charge >= 0.3 is 0 Å². The number of fused-ring (bicyclic) bond motifs is 1. The zero-order valence-corrected chi connectivity index (χ0v) is 20.9. The summed E-state index contributed by atoms with van der Waals surface area (Å²) in [7, 11) is 3.84. The molecule has 5 rings (SSSR count). The fourth-order valence-corrected chi connectivity index (χ4v) is 5.03. The van der Waals surface area contributed by atoms with E-state index in [0.717, 1.165) is 41.1 Å². The minimum absolute atomic E-state index is 0.0112. The van der Waals surface area contributed by atoms with Crippen LogP contribution < -0.4 is 10.9 Å². The summed E-state index contributed by atoms with van der Waals surface area (Å²) in [5, 5.41) is 18.4. The van der Waals surface area contributed by atoms with Gasteiger partial charge in [-0.1, -0.05) is 42.2 Å². The Morgan fingerprint density at radius 1 is 1.11 bits per heavy atom. The maximum Gasteiger partial charge on any atom is 0.264 e. The molecule has 2 aromatic heterocycles. The van der Waals surface area contributed by atoms with Crippen molar-refractivity contribution in [2.75, 3.05) is 33.3 Å². The molecule has 0 amide bonds. The number of nitrogens with one attached hydrogen (secondary N) is 1. The van der Waals surface area contributed by atoms with Gasteiger partial charge in [-0.05, 0) is 43.6 Å². The van der Waals surface area contributed by atoms with Crippen LogP contribution in [0.1, 0.15) is 41.4 Å². The van der Waals surface area contributed by atoms with Crippen molar-refractivity contribution in [3.05, 3.63) is 93.7 Å². The van der Waals surface area contributed by atoms with Crippen molar-refractivity contribution >= 4 is 10.8 Å². The number of benzene rings is 2. The first-order valence-corrected chi connectivity index (χ1v) is 12.3. The van der Waals surface area contributed by atoms with Gasteiger partial charge in [0.2, 0.25) is 0 Å². The summed E-state index contributed by atoms with van der Waals surface area (Å²) in [5.41, 5.74) is 4.34. The maximum absolute atomic E-state index is 14.0. The second-order valence-electron chi connectivity index (χ2n) is 9.32. The molecule has 1 fully saturated rings. The van der Waals surface area contributed by atoms with Crippen molar-refractivity contribution in [3.8, 4) is 17.5 Å². The van der Waals surface area contributed by atoms with Crippen LogP contribution in [0.2, 0.25) is 0 Å². The molecule has 1 aliphatic rings. The molecule has 2 aromatic carbocycles.